The number of rotatable bonds is 21. The molecule has 0 fully saturated rings. The number of fused-ring (bicyclic) bond motifs is 3. The fourth-order valence-corrected chi connectivity index (χ4v) is 12.0. The highest BCUT2D eigenvalue weighted by Gasteiger charge is 2.21. The Bertz CT molecular complexity index is 3720. The minimum absolute atomic E-state index is 0.926. The standard InChI is InChI=1S/C78H78N2/c1-6-9-11-14-19-66-54-75(68-43-52-78-76(55-68)73-21-16-13-17-22-77(73)80(78)72-48-39-63(40-49-72)60-31-25-57(5)26-32-60)67(20-15-12-10-7-2)53-74(66)65-41-50-71(51-42-65)79(69-44-35-62(36-45-69)59-29-23-56(4)24-30-59)70-46-37-64(38-47-70)61-33-27-58(18-8-3)28-34-61/h16-17,21-55H,6-15,18-20H2,1-5H3. The van der Waals surface area contributed by atoms with Gasteiger partial charge in [-0.15, -0.1) is 0 Å². The molecule has 0 N–H and O–H groups in total. The van der Waals surface area contributed by atoms with Gasteiger partial charge in [-0.05, 0) is 191 Å². The van der Waals surface area contributed by atoms with E-state index in [1.165, 1.54) is 163 Å². The maximum absolute atomic E-state index is 2.60. The van der Waals surface area contributed by atoms with E-state index in [2.05, 4.69) is 269 Å². The van der Waals surface area contributed by atoms with Gasteiger partial charge in [-0.25, -0.2) is 0 Å². The minimum Gasteiger partial charge on any atom is -0.311 e. The van der Waals surface area contributed by atoms with Crippen LogP contribution in [0.4, 0.5) is 17.1 Å². The van der Waals surface area contributed by atoms with Gasteiger partial charge >= 0.3 is 0 Å². The van der Waals surface area contributed by atoms with Crippen LogP contribution in [-0.2, 0) is 19.3 Å². The van der Waals surface area contributed by atoms with Crippen molar-refractivity contribution in [1.29, 1.82) is 0 Å². The van der Waals surface area contributed by atoms with Gasteiger partial charge in [-0.1, -0.05) is 235 Å². The van der Waals surface area contributed by atoms with Crippen LogP contribution in [0.15, 0.2) is 212 Å². The average molecular weight is 1040 g/mol. The summed E-state index contributed by atoms with van der Waals surface area (Å²) in [5, 5.41) is 1.30. The highest BCUT2D eigenvalue weighted by Crippen LogP contribution is 2.42. The largest absolute Gasteiger partial charge is 0.311 e. The number of hydrogen-bond donors (Lipinski definition) is 0. The van der Waals surface area contributed by atoms with E-state index in [0.29, 0.717) is 0 Å². The molecule has 9 aromatic carbocycles. The van der Waals surface area contributed by atoms with Crippen molar-refractivity contribution in [3.05, 3.63) is 251 Å². The quantitative estimate of drug-likeness (QED) is 0.0651. The molecule has 0 radical (unpaired) electrons. The van der Waals surface area contributed by atoms with Gasteiger partial charge in [0.05, 0.1) is 11.2 Å². The molecule has 0 unspecified atom stereocenters. The van der Waals surface area contributed by atoms with Gasteiger partial charge < -0.3 is 9.47 Å². The van der Waals surface area contributed by atoms with E-state index in [-0.39, 0.29) is 0 Å². The highest BCUT2D eigenvalue weighted by molar-refractivity contribution is 5.99. The Labute approximate surface area is 477 Å². The van der Waals surface area contributed by atoms with Gasteiger partial charge in [0.25, 0.3) is 0 Å². The molecular formula is C78H78N2. The molecule has 0 bridgehead atoms. The summed E-state index contributed by atoms with van der Waals surface area (Å²) in [5.41, 5.74) is 27.9. The van der Waals surface area contributed by atoms with Gasteiger partial charge in [0, 0.05) is 33.7 Å². The molecule has 10 aromatic rings. The summed E-state index contributed by atoms with van der Waals surface area (Å²) in [6.45, 7) is 11.2. The summed E-state index contributed by atoms with van der Waals surface area (Å²) in [5.74, 6) is 0. The number of aromatic nitrogens is 1. The van der Waals surface area contributed by atoms with Gasteiger partial charge in [-0.2, -0.15) is 0 Å². The number of aryl methyl sites for hydroxylation is 5. The minimum atomic E-state index is 0.926. The Morgan fingerprint density at radius 3 is 1.29 bits per heavy atom. The maximum Gasteiger partial charge on any atom is 0.0541 e. The lowest BCUT2D eigenvalue weighted by Gasteiger charge is -2.26. The molecule has 0 saturated heterocycles. The molecule has 11 rings (SSSR count). The lowest BCUT2D eigenvalue weighted by Crippen LogP contribution is -2.10. The Balaban J connectivity index is 0.981. The van der Waals surface area contributed by atoms with Crippen molar-refractivity contribution >= 4 is 40.1 Å². The molecule has 1 aliphatic carbocycles. The van der Waals surface area contributed by atoms with Crippen LogP contribution in [0, 0.1) is 13.8 Å². The second-order valence-corrected chi connectivity index (χ2v) is 22.4. The van der Waals surface area contributed by atoms with E-state index < -0.39 is 0 Å². The van der Waals surface area contributed by atoms with E-state index in [9.17, 15) is 0 Å². The summed E-state index contributed by atoms with van der Waals surface area (Å²) in [6.07, 6.45) is 24.4. The topological polar surface area (TPSA) is 8.17 Å². The lowest BCUT2D eigenvalue weighted by atomic mass is 9.86. The van der Waals surface area contributed by atoms with Crippen molar-refractivity contribution in [2.75, 3.05) is 4.90 Å². The summed E-state index contributed by atoms with van der Waals surface area (Å²) >= 11 is 0. The summed E-state index contributed by atoms with van der Waals surface area (Å²) < 4.78 is 2.47. The van der Waals surface area contributed by atoms with E-state index in [1.54, 1.807) is 0 Å². The number of unbranched alkanes of at least 4 members (excludes halogenated alkanes) is 6. The third kappa shape index (κ3) is 12.0. The first-order valence-corrected chi connectivity index (χ1v) is 30.0. The Hall–Kier alpha value is -8.20. The molecule has 400 valence electrons. The predicted octanol–water partition coefficient (Wildman–Crippen LogP) is 22.7. The van der Waals surface area contributed by atoms with Crippen LogP contribution in [-0.4, -0.2) is 4.57 Å². The second kappa shape index (κ2) is 25.3. The predicted molar refractivity (Wildman–Crippen MR) is 347 cm³/mol. The van der Waals surface area contributed by atoms with Crippen LogP contribution in [0.25, 0.3) is 84.4 Å². The van der Waals surface area contributed by atoms with Crippen molar-refractivity contribution in [3.63, 3.8) is 0 Å². The van der Waals surface area contributed by atoms with Crippen LogP contribution in [0.1, 0.15) is 124 Å². The van der Waals surface area contributed by atoms with Crippen molar-refractivity contribution in [3.8, 4) is 61.3 Å². The van der Waals surface area contributed by atoms with Gasteiger partial charge in [0.2, 0.25) is 0 Å². The Morgan fingerprint density at radius 1 is 0.375 bits per heavy atom. The number of nitrogens with zero attached hydrogens (tertiary/aromatic N) is 2. The number of hydrogen-bond acceptors (Lipinski definition) is 1. The van der Waals surface area contributed by atoms with Crippen molar-refractivity contribution in [2.45, 2.75) is 118 Å². The molecule has 0 spiro atoms. The summed E-state index contributed by atoms with van der Waals surface area (Å²) in [4.78, 5) is 2.42. The van der Waals surface area contributed by atoms with Crippen LogP contribution in [0.3, 0.4) is 0 Å². The van der Waals surface area contributed by atoms with Crippen molar-refractivity contribution < 1.29 is 0 Å². The van der Waals surface area contributed by atoms with Crippen molar-refractivity contribution in [1.82, 2.24) is 4.57 Å². The normalized spacial score (nSPS) is 12.0. The van der Waals surface area contributed by atoms with E-state index in [0.717, 1.165) is 49.2 Å². The maximum atomic E-state index is 2.60. The number of anilines is 3. The molecular weight excluding hydrogens is 965 g/mol. The highest BCUT2D eigenvalue weighted by atomic mass is 15.1. The molecule has 1 heterocycles. The molecule has 80 heavy (non-hydrogen) atoms. The third-order valence-corrected chi connectivity index (χ3v) is 16.5. The van der Waals surface area contributed by atoms with Gasteiger partial charge in [-0.3, -0.25) is 0 Å². The molecule has 0 saturated carbocycles. The third-order valence-electron chi connectivity index (χ3n) is 16.5. The molecule has 2 heteroatoms. The van der Waals surface area contributed by atoms with Crippen LogP contribution in [0.5, 0.6) is 0 Å². The molecule has 1 aliphatic rings. The summed E-state index contributed by atoms with van der Waals surface area (Å²) in [7, 11) is 0. The first-order valence-electron chi connectivity index (χ1n) is 30.0. The zero-order valence-electron chi connectivity index (χ0n) is 47.9. The Morgan fingerprint density at radius 2 is 0.800 bits per heavy atom. The van der Waals surface area contributed by atoms with E-state index >= 15 is 0 Å². The zero-order valence-corrected chi connectivity index (χ0v) is 47.9. The number of benzene rings is 9. The second-order valence-electron chi connectivity index (χ2n) is 22.4. The zero-order chi connectivity index (χ0) is 54.8. The van der Waals surface area contributed by atoms with Crippen LogP contribution >= 0.6 is 0 Å². The molecule has 0 aliphatic heterocycles. The molecule has 2 nitrogen and oxygen atoms in total. The molecule has 0 atom stereocenters. The fourth-order valence-electron chi connectivity index (χ4n) is 12.0. The smallest absolute Gasteiger partial charge is 0.0541 e. The number of allylic oxidation sites excluding steroid dienone is 2. The summed E-state index contributed by atoms with van der Waals surface area (Å²) in [6, 6.07) is 76.1. The fraction of sp³-hybridized carbons (Fsp3) is 0.231. The van der Waals surface area contributed by atoms with Crippen molar-refractivity contribution in [2.24, 2.45) is 0 Å². The van der Waals surface area contributed by atoms with E-state index in [4.69, 9.17) is 0 Å². The lowest BCUT2D eigenvalue weighted by molar-refractivity contribution is 0.664. The van der Waals surface area contributed by atoms with Crippen LogP contribution < -0.4 is 4.90 Å². The molecule has 1 aromatic heterocycles. The first-order chi connectivity index (χ1) is 39.3. The first kappa shape index (κ1) is 53.8. The monoisotopic (exact) mass is 1040 g/mol. The van der Waals surface area contributed by atoms with Gasteiger partial charge in [0.1, 0.15) is 0 Å². The van der Waals surface area contributed by atoms with E-state index in [1.807, 2.05) is 0 Å². The average Bonchev–Trinajstić information content (AvgIpc) is 3.77. The van der Waals surface area contributed by atoms with Gasteiger partial charge in [0.15, 0.2) is 0 Å². The molecule has 0 amide bonds. The SMILES string of the molecule is CCCCCCc1cc(-c2ccc3c(c2)c2c(n3-c3ccc(-c4ccc(C)cc4)cc3)C=CCC=C2)c(CCCCCC)cc1-c1ccc(N(c2ccc(-c3ccc(C)cc3)cc2)c2ccc(-c3ccc(CCC)cc3)cc2)cc1. The van der Waals surface area contributed by atoms with Crippen LogP contribution in [0.2, 0.25) is 0 Å². The Kier molecular flexibility index (Phi) is 17.0.